The zero-order chi connectivity index (χ0) is 20.8. The zero-order valence-electron chi connectivity index (χ0n) is 17.9. The molecule has 2 unspecified atom stereocenters. The first-order valence-corrected chi connectivity index (χ1v) is 11.0. The summed E-state index contributed by atoms with van der Waals surface area (Å²) in [5, 5.41) is 3.96. The van der Waals surface area contributed by atoms with Crippen molar-refractivity contribution in [2.45, 2.75) is 96.9 Å². The van der Waals surface area contributed by atoms with Crippen molar-refractivity contribution in [2.24, 2.45) is 0 Å². The number of aryl methyl sites for hydroxylation is 1. The molecule has 1 saturated carbocycles. The van der Waals surface area contributed by atoms with E-state index in [-0.39, 0.29) is 30.1 Å². The Bertz CT molecular complexity index is 686. The molecular weight excluding hydrogens is 372 g/mol. The van der Waals surface area contributed by atoms with Gasteiger partial charge in [-0.05, 0) is 25.7 Å². The molecule has 162 valence electrons. The minimum absolute atomic E-state index is 0.0350. The van der Waals surface area contributed by atoms with Crippen LogP contribution in [0.1, 0.15) is 77.4 Å². The van der Waals surface area contributed by atoms with E-state index in [2.05, 4.69) is 10.1 Å². The van der Waals surface area contributed by atoms with E-state index in [9.17, 15) is 9.59 Å². The average molecular weight is 407 g/mol. The van der Waals surface area contributed by atoms with Crippen LogP contribution in [0.4, 0.5) is 0 Å². The molecule has 0 bridgehead atoms. The van der Waals surface area contributed by atoms with Crippen LogP contribution in [0, 0.1) is 0 Å². The molecule has 2 atom stereocenters. The summed E-state index contributed by atoms with van der Waals surface area (Å²) in [6, 6.07) is -0.0350. The minimum atomic E-state index is -0.382. The second kappa shape index (κ2) is 10.2. The van der Waals surface area contributed by atoms with Crippen LogP contribution in [-0.2, 0) is 27.3 Å². The van der Waals surface area contributed by atoms with E-state index in [1.807, 2.05) is 18.7 Å². The number of ether oxygens (including phenoxy) is 1. The highest BCUT2D eigenvalue weighted by Crippen LogP contribution is 2.24. The van der Waals surface area contributed by atoms with Crippen LogP contribution in [0.3, 0.4) is 0 Å². The van der Waals surface area contributed by atoms with Gasteiger partial charge in [-0.2, -0.15) is 4.98 Å². The molecule has 1 aliphatic heterocycles. The Morgan fingerprint density at radius 2 is 2.00 bits per heavy atom. The molecule has 1 saturated heterocycles. The maximum Gasteiger partial charge on any atom is 0.251 e. The van der Waals surface area contributed by atoms with Crippen molar-refractivity contribution in [1.82, 2.24) is 19.9 Å². The van der Waals surface area contributed by atoms with E-state index >= 15 is 0 Å². The lowest BCUT2D eigenvalue weighted by atomic mass is 9.97. The summed E-state index contributed by atoms with van der Waals surface area (Å²) in [7, 11) is 0. The Morgan fingerprint density at radius 3 is 2.62 bits per heavy atom. The van der Waals surface area contributed by atoms with Crippen LogP contribution in [0.2, 0.25) is 0 Å². The Morgan fingerprint density at radius 1 is 1.24 bits per heavy atom. The van der Waals surface area contributed by atoms with Crippen molar-refractivity contribution >= 4 is 11.8 Å². The van der Waals surface area contributed by atoms with E-state index in [4.69, 9.17) is 9.26 Å². The van der Waals surface area contributed by atoms with Gasteiger partial charge in [0.1, 0.15) is 6.10 Å². The number of hydrogen-bond donors (Lipinski definition) is 0. The van der Waals surface area contributed by atoms with Gasteiger partial charge >= 0.3 is 0 Å². The second-order valence-electron chi connectivity index (χ2n) is 8.12. The van der Waals surface area contributed by atoms with E-state index in [0.717, 1.165) is 19.3 Å². The van der Waals surface area contributed by atoms with Crippen LogP contribution in [0.5, 0.6) is 0 Å². The van der Waals surface area contributed by atoms with Gasteiger partial charge in [-0.3, -0.25) is 9.59 Å². The average Bonchev–Trinajstić information content (AvgIpc) is 3.39. The SMILES string of the molecule is CCc1nc(CN(C(C)=O)C2CCN(C(=O)C(CC)OC3CCCCC3)C2)no1. The maximum atomic E-state index is 13.0. The first kappa shape index (κ1) is 21.7. The largest absolute Gasteiger partial charge is 0.365 e. The Hall–Kier alpha value is -1.96. The monoisotopic (exact) mass is 406 g/mol. The predicted molar refractivity (Wildman–Crippen MR) is 107 cm³/mol. The van der Waals surface area contributed by atoms with Crippen LogP contribution in [0.15, 0.2) is 4.52 Å². The highest BCUT2D eigenvalue weighted by atomic mass is 16.5. The first-order chi connectivity index (χ1) is 14.0. The lowest BCUT2D eigenvalue weighted by Gasteiger charge is -2.30. The summed E-state index contributed by atoms with van der Waals surface area (Å²) in [5.41, 5.74) is 0. The predicted octanol–water partition coefficient (Wildman–Crippen LogP) is 2.71. The Labute approximate surface area is 172 Å². The number of hydrogen-bond acceptors (Lipinski definition) is 6. The topological polar surface area (TPSA) is 88.8 Å². The van der Waals surface area contributed by atoms with Crippen molar-refractivity contribution in [2.75, 3.05) is 13.1 Å². The number of nitrogens with zero attached hydrogens (tertiary/aromatic N) is 4. The van der Waals surface area contributed by atoms with Crippen molar-refractivity contribution in [3.8, 4) is 0 Å². The van der Waals surface area contributed by atoms with Gasteiger partial charge in [0.05, 0.1) is 18.7 Å². The molecule has 8 nitrogen and oxygen atoms in total. The standard InChI is InChI=1S/C21H34N4O4/c1-4-18(28-17-9-7-6-8-10-17)21(27)24-12-11-16(13-24)25(15(3)26)14-19-22-20(5-2)29-23-19/h16-18H,4-14H2,1-3H3. The fraction of sp³-hybridized carbons (Fsp3) is 0.810. The lowest BCUT2D eigenvalue weighted by molar-refractivity contribution is -0.148. The van der Waals surface area contributed by atoms with Crippen molar-refractivity contribution in [1.29, 1.82) is 0 Å². The van der Waals surface area contributed by atoms with Crippen LogP contribution in [0.25, 0.3) is 0 Å². The molecule has 2 fully saturated rings. The molecule has 0 aromatic carbocycles. The van der Waals surface area contributed by atoms with Crippen LogP contribution in [-0.4, -0.2) is 63.1 Å². The molecule has 2 heterocycles. The molecule has 0 N–H and O–H groups in total. The Kier molecular flexibility index (Phi) is 7.64. The quantitative estimate of drug-likeness (QED) is 0.659. The van der Waals surface area contributed by atoms with Crippen molar-refractivity contribution < 1.29 is 18.8 Å². The molecule has 8 heteroatoms. The van der Waals surface area contributed by atoms with Gasteiger partial charge in [-0.25, -0.2) is 0 Å². The van der Waals surface area contributed by atoms with Crippen molar-refractivity contribution in [3.05, 3.63) is 11.7 Å². The molecule has 3 rings (SSSR count). The third-order valence-corrected chi connectivity index (χ3v) is 6.00. The number of likely N-dealkylation sites (tertiary alicyclic amines) is 1. The summed E-state index contributed by atoms with van der Waals surface area (Å²) < 4.78 is 11.3. The summed E-state index contributed by atoms with van der Waals surface area (Å²) >= 11 is 0. The molecule has 0 radical (unpaired) electrons. The van der Waals surface area contributed by atoms with E-state index < -0.39 is 0 Å². The van der Waals surface area contributed by atoms with Gasteiger partial charge in [-0.15, -0.1) is 0 Å². The minimum Gasteiger partial charge on any atom is -0.365 e. The smallest absolute Gasteiger partial charge is 0.251 e. The number of carbonyl (C=O) groups excluding carboxylic acids is 2. The highest BCUT2D eigenvalue weighted by Gasteiger charge is 2.35. The molecule has 2 amide bonds. The third kappa shape index (κ3) is 5.56. The van der Waals surface area contributed by atoms with Crippen LogP contribution < -0.4 is 0 Å². The van der Waals surface area contributed by atoms with Crippen LogP contribution >= 0.6 is 0 Å². The second-order valence-corrected chi connectivity index (χ2v) is 8.12. The number of rotatable bonds is 8. The van der Waals surface area contributed by atoms with Gasteiger partial charge in [0.15, 0.2) is 5.82 Å². The van der Waals surface area contributed by atoms with E-state index in [1.54, 1.807) is 11.8 Å². The molecular formula is C21H34N4O4. The third-order valence-electron chi connectivity index (χ3n) is 6.00. The number of aromatic nitrogens is 2. The summed E-state index contributed by atoms with van der Waals surface area (Å²) in [5.74, 6) is 1.08. The van der Waals surface area contributed by atoms with Gasteiger partial charge in [0.2, 0.25) is 11.8 Å². The molecule has 29 heavy (non-hydrogen) atoms. The van der Waals surface area contributed by atoms with Gasteiger partial charge < -0.3 is 19.1 Å². The zero-order valence-corrected chi connectivity index (χ0v) is 17.9. The fourth-order valence-electron chi connectivity index (χ4n) is 4.31. The first-order valence-electron chi connectivity index (χ1n) is 11.0. The number of amides is 2. The van der Waals surface area contributed by atoms with E-state index in [1.165, 1.54) is 19.3 Å². The molecule has 1 aliphatic carbocycles. The highest BCUT2D eigenvalue weighted by molar-refractivity contribution is 5.81. The van der Waals surface area contributed by atoms with Gasteiger partial charge in [-0.1, -0.05) is 38.3 Å². The van der Waals surface area contributed by atoms with E-state index in [0.29, 0.717) is 44.2 Å². The summed E-state index contributed by atoms with van der Waals surface area (Å²) in [4.78, 5) is 33.2. The Balaban J connectivity index is 1.58. The normalized spacial score (nSPS) is 21.3. The maximum absolute atomic E-state index is 13.0. The number of carbonyl (C=O) groups is 2. The molecule has 0 spiro atoms. The van der Waals surface area contributed by atoms with Gasteiger partial charge in [0.25, 0.3) is 5.91 Å². The summed E-state index contributed by atoms with van der Waals surface area (Å²) in [6.45, 7) is 6.97. The lowest BCUT2D eigenvalue weighted by Crippen LogP contribution is -2.44. The van der Waals surface area contributed by atoms with Gasteiger partial charge in [0, 0.05) is 26.4 Å². The molecule has 1 aromatic rings. The summed E-state index contributed by atoms with van der Waals surface area (Å²) in [6.07, 6.45) is 7.65. The van der Waals surface area contributed by atoms with Crippen molar-refractivity contribution in [3.63, 3.8) is 0 Å². The fourth-order valence-corrected chi connectivity index (χ4v) is 4.31. The molecule has 2 aliphatic rings. The molecule has 1 aromatic heterocycles.